The molecule has 6 heteroatoms. The Bertz CT molecular complexity index is 877. The van der Waals surface area contributed by atoms with Gasteiger partial charge in [-0.1, -0.05) is 48.5 Å². The van der Waals surface area contributed by atoms with Crippen LogP contribution in [0.15, 0.2) is 65.0 Å². The predicted octanol–water partition coefficient (Wildman–Crippen LogP) is 3.73. The van der Waals surface area contributed by atoms with E-state index in [-0.39, 0.29) is 0 Å². The maximum Gasteiger partial charge on any atom is 0.191 e. The van der Waals surface area contributed by atoms with Crippen LogP contribution in [0, 0.1) is 0 Å². The number of nitrogens with zero attached hydrogens (tertiary/aromatic N) is 2. The number of nitrogens with one attached hydrogen (secondary N) is 2. The second kappa shape index (κ2) is 9.73. The summed E-state index contributed by atoms with van der Waals surface area (Å²) in [6.07, 6.45) is 0.861. The van der Waals surface area contributed by atoms with Gasteiger partial charge < -0.3 is 15.4 Å². The maximum atomic E-state index is 5.39. The van der Waals surface area contributed by atoms with Crippen LogP contribution in [0.3, 0.4) is 0 Å². The topological polar surface area (TPSA) is 58.5 Å². The van der Waals surface area contributed by atoms with Crippen LogP contribution >= 0.6 is 11.3 Å². The van der Waals surface area contributed by atoms with E-state index in [1.807, 2.05) is 36.4 Å². The van der Waals surface area contributed by atoms with E-state index in [0.29, 0.717) is 6.54 Å². The van der Waals surface area contributed by atoms with E-state index in [4.69, 9.17) is 9.72 Å². The summed E-state index contributed by atoms with van der Waals surface area (Å²) in [5.41, 5.74) is 3.33. The summed E-state index contributed by atoms with van der Waals surface area (Å²) in [5.74, 6) is 1.68. The standard InChI is InChI=1S/C21H24N4OS/c1-22-21(23-13-12-17-10-6-7-11-19(17)26-2)24-14-20-25-18(15-27-20)16-8-4-3-5-9-16/h3-11,15H,12-14H2,1-2H3,(H2,22,23,24). The number of guanidine groups is 1. The fourth-order valence-electron chi connectivity index (χ4n) is 2.74. The van der Waals surface area contributed by atoms with Crippen molar-refractivity contribution in [2.45, 2.75) is 13.0 Å². The largest absolute Gasteiger partial charge is 0.496 e. The van der Waals surface area contributed by atoms with E-state index < -0.39 is 0 Å². The molecule has 0 aliphatic rings. The maximum absolute atomic E-state index is 5.39. The van der Waals surface area contributed by atoms with Gasteiger partial charge in [0.25, 0.3) is 0 Å². The highest BCUT2D eigenvalue weighted by Gasteiger charge is 2.06. The predicted molar refractivity (Wildman–Crippen MR) is 112 cm³/mol. The molecule has 0 amide bonds. The van der Waals surface area contributed by atoms with E-state index in [1.54, 1.807) is 25.5 Å². The molecule has 0 saturated carbocycles. The monoisotopic (exact) mass is 380 g/mol. The lowest BCUT2D eigenvalue weighted by Crippen LogP contribution is -2.37. The van der Waals surface area contributed by atoms with Gasteiger partial charge >= 0.3 is 0 Å². The van der Waals surface area contributed by atoms with Gasteiger partial charge in [0.2, 0.25) is 0 Å². The number of aliphatic imine (C=N–C) groups is 1. The van der Waals surface area contributed by atoms with Crippen LogP contribution in [0.2, 0.25) is 0 Å². The number of hydrogen-bond donors (Lipinski definition) is 2. The van der Waals surface area contributed by atoms with Crippen molar-refractivity contribution >= 4 is 17.3 Å². The molecule has 2 aromatic carbocycles. The molecule has 3 aromatic rings. The molecule has 3 rings (SSSR count). The lowest BCUT2D eigenvalue weighted by Gasteiger charge is -2.12. The minimum Gasteiger partial charge on any atom is -0.496 e. The zero-order valence-electron chi connectivity index (χ0n) is 15.6. The highest BCUT2D eigenvalue weighted by molar-refractivity contribution is 7.09. The zero-order chi connectivity index (χ0) is 18.9. The lowest BCUT2D eigenvalue weighted by molar-refractivity contribution is 0.409. The Kier molecular flexibility index (Phi) is 6.82. The van der Waals surface area contributed by atoms with Crippen molar-refractivity contribution in [1.29, 1.82) is 0 Å². The third-order valence-electron chi connectivity index (χ3n) is 4.13. The van der Waals surface area contributed by atoms with Gasteiger partial charge in [0, 0.05) is 24.5 Å². The minimum atomic E-state index is 0.645. The summed E-state index contributed by atoms with van der Waals surface area (Å²) >= 11 is 1.65. The first-order chi connectivity index (χ1) is 13.3. The van der Waals surface area contributed by atoms with Crippen molar-refractivity contribution in [3.63, 3.8) is 0 Å². The van der Waals surface area contributed by atoms with Gasteiger partial charge in [0.15, 0.2) is 5.96 Å². The zero-order valence-corrected chi connectivity index (χ0v) is 16.4. The number of benzene rings is 2. The Hall–Kier alpha value is -2.86. The normalized spacial score (nSPS) is 11.3. The molecule has 0 aliphatic carbocycles. The molecule has 0 fully saturated rings. The summed E-state index contributed by atoms with van der Waals surface area (Å²) in [6.45, 7) is 1.42. The van der Waals surface area contributed by atoms with E-state index >= 15 is 0 Å². The molecule has 5 nitrogen and oxygen atoms in total. The highest BCUT2D eigenvalue weighted by atomic mass is 32.1. The number of para-hydroxylation sites is 1. The van der Waals surface area contributed by atoms with Crippen LogP contribution in [-0.4, -0.2) is 31.6 Å². The Morgan fingerprint density at radius 2 is 1.85 bits per heavy atom. The van der Waals surface area contributed by atoms with Crippen molar-refractivity contribution in [3.05, 3.63) is 70.5 Å². The number of aromatic nitrogens is 1. The molecule has 0 radical (unpaired) electrons. The van der Waals surface area contributed by atoms with Gasteiger partial charge in [-0.05, 0) is 18.1 Å². The number of methoxy groups -OCH3 is 1. The second-order valence-electron chi connectivity index (χ2n) is 5.91. The molecule has 1 aromatic heterocycles. The number of ether oxygens (including phenoxy) is 1. The Balaban J connectivity index is 1.49. The second-order valence-corrected chi connectivity index (χ2v) is 6.85. The van der Waals surface area contributed by atoms with Gasteiger partial charge in [0.05, 0.1) is 19.3 Å². The van der Waals surface area contributed by atoms with Crippen LogP contribution in [0.1, 0.15) is 10.6 Å². The van der Waals surface area contributed by atoms with E-state index in [2.05, 4.69) is 39.2 Å². The molecule has 0 aliphatic heterocycles. The SMILES string of the molecule is CN=C(NCCc1ccccc1OC)NCc1nc(-c2ccccc2)cs1. The average molecular weight is 381 g/mol. The van der Waals surface area contributed by atoms with Crippen molar-refractivity contribution in [1.82, 2.24) is 15.6 Å². The van der Waals surface area contributed by atoms with Crippen LogP contribution < -0.4 is 15.4 Å². The quantitative estimate of drug-likeness (QED) is 0.484. The number of rotatable bonds is 7. The van der Waals surface area contributed by atoms with Gasteiger partial charge in [-0.3, -0.25) is 4.99 Å². The van der Waals surface area contributed by atoms with Crippen LogP contribution in [0.25, 0.3) is 11.3 Å². The molecule has 1 heterocycles. The fraction of sp³-hybridized carbons (Fsp3) is 0.238. The Morgan fingerprint density at radius 3 is 2.63 bits per heavy atom. The third-order valence-corrected chi connectivity index (χ3v) is 4.98. The third kappa shape index (κ3) is 5.31. The van der Waals surface area contributed by atoms with Crippen molar-refractivity contribution in [2.75, 3.05) is 20.7 Å². The fourth-order valence-corrected chi connectivity index (χ4v) is 3.48. The van der Waals surface area contributed by atoms with Gasteiger partial charge in [-0.2, -0.15) is 0 Å². The summed E-state index contributed by atoms with van der Waals surface area (Å²) in [5, 5.41) is 9.78. The van der Waals surface area contributed by atoms with Crippen molar-refractivity contribution in [2.24, 2.45) is 4.99 Å². The summed E-state index contributed by atoms with van der Waals surface area (Å²) in [7, 11) is 3.47. The summed E-state index contributed by atoms with van der Waals surface area (Å²) in [6, 6.07) is 18.3. The first-order valence-electron chi connectivity index (χ1n) is 8.86. The Labute approximate surface area is 164 Å². The van der Waals surface area contributed by atoms with E-state index in [0.717, 1.165) is 40.9 Å². The molecule has 0 saturated heterocycles. The summed E-state index contributed by atoms with van der Waals surface area (Å²) in [4.78, 5) is 8.98. The molecule has 0 spiro atoms. The molecule has 2 N–H and O–H groups in total. The van der Waals surface area contributed by atoms with E-state index in [1.165, 1.54) is 5.56 Å². The Morgan fingerprint density at radius 1 is 1.07 bits per heavy atom. The van der Waals surface area contributed by atoms with Gasteiger partial charge in [-0.15, -0.1) is 11.3 Å². The number of thiazole rings is 1. The molecular formula is C21H24N4OS. The molecule has 0 atom stereocenters. The molecule has 0 unspecified atom stereocenters. The van der Waals surface area contributed by atoms with Crippen molar-refractivity contribution < 1.29 is 4.74 Å². The first kappa shape index (κ1) is 18.9. The molecular weight excluding hydrogens is 356 g/mol. The van der Waals surface area contributed by atoms with E-state index in [9.17, 15) is 0 Å². The minimum absolute atomic E-state index is 0.645. The molecule has 140 valence electrons. The summed E-state index contributed by atoms with van der Waals surface area (Å²) < 4.78 is 5.39. The lowest BCUT2D eigenvalue weighted by atomic mass is 10.1. The smallest absolute Gasteiger partial charge is 0.191 e. The molecule has 0 bridgehead atoms. The van der Waals surface area contributed by atoms with Crippen LogP contribution in [0.5, 0.6) is 5.75 Å². The van der Waals surface area contributed by atoms with Crippen LogP contribution in [0.4, 0.5) is 0 Å². The molecule has 27 heavy (non-hydrogen) atoms. The number of hydrogen-bond acceptors (Lipinski definition) is 4. The highest BCUT2D eigenvalue weighted by Crippen LogP contribution is 2.21. The first-order valence-corrected chi connectivity index (χ1v) is 9.74. The average Bonchev–Trinajstić information content (AvgIpc) is 3.20. The van der Waals surface area contributed by atoms with Gasteiger partial charge in [-0.25, -0.2) is 4.98 Å². The van der Waals surface area contributed by atoms with Crippen molar-refractivity contribution in [3.8, 4) is 17.0 Å². The van der Waals surface area contributed by atoms with Crippen LogP contribution in [-0.2, 0) is 13.0 Å². The van der Waals surface area contributed by atoms with Gasteiger partial charge in [0.1, 0.15) is 10.8 Å².